The lowest BCUT2D eigenvalue weighted by molar-refractivity contribution is -0.136. The van der Waals surface area contributed by atoms with Gasteiger partial charge in [0.2, 0.25) is 11.8 Å². The summed E-state index contributed by atoms with van der Waals surface area (Å²) >= 11 is 1.91. The normalized spacial score (nSPS) is 20.8. The molecule has 9 nitrogen and oxygen atoms in total. The molecule has 0 radical (unpaired) electrons. The number of rotatable bonds is 8. The second kappa shape index (κ2) is 11.0. The van der Waals surface area contributed by atoms with E-state index in [0.717, 1.165) is 48.9 Å². The predicted octanol–water partition coefficient (Wildman–Crippen LogP) is 2.49. The summed E-state index contributed by atoms with van der Waals surface area (Å²) < 4.78 is 2.44. The quantitative estimate of drug-likeness (QED) is 0.404. The van der Waals surface area contributed by atoms with E-state index in [0.29, 0.717) is 12.2 Å². The molecule has 5 rings (SSSR count). The van der Waals surface area contributed by atoms with Crippen molar-refractivity contribution in [2.24, 2.45) is 0 Å². The zero-order valence-electron chi connectivity index (χ0n) is 20.9. The van der Waals surface area contributed by atoms with Crippen LogP contribution in [0, 0.1) is 0 Å². The SMILES string of the molecule is CCSN1CCN(Cc2ccc(CNc3cccc4c3C(=O)N(C3CCC(=O)NC3=O)C4=O)cc2)CC1. The predicted molar refractivity (Wildman–Crippen MR) is 142 cm³/mol. The fourth-order valence-corrected chi connectivity index (χ4v) is 5.87. The van der Waals surface area contributed by atoms with Crippen LogP contribution in [0.25, 0.3) is 0 Å². The van der Waals surface area contributed by atoms with Crippen molar-refractivity contribution in [1.82, 2.24) is 19.4 Å². The Morgan fingerprint density at radius 3 is 2.38 bits per heavy atom. The van der Waals surface area contributed by atoms with Crippen molar-refractivity contribution in [3.8, 4) is 0 Å². The molecule has 2 aromatic carbocycles. The molecule has 1 atom stereocenters. The lowest BCUT2D eigenvalue weighted by atomic mass is 10.0. The van der Waals surface area contributed by atoms with E-state index in [1.165, 1.54) is 5.56 Å². The summed E-state index contributed by atoms with van der Waals surface area (Å²) in [5.74, 6) is -0.895. The van der Waals surface area contributed by atoms with Gasteiger partial charge in [0.1, 0.15) is 6.04 Å². The first-order chi connectivity index (χ1) is 17.9. The molecule has 4 amide bonds. The van der Waals surface area contributed by atoms with Gasteiger partial charge in [0.15, 0.2) is 0 Å². The summed E-state index contributed by atoms with van der Waals surface area (Å²) in [5, 5.41) is 5.53. The minimum absolute atomic E-state index is 0.0963. The number of hydrogen-bond donors (Lipinski definition) is 2. The summed E-state index contributed by atoms with van der Waals surface area (Å²) in [5.41, 5.74) is 3.42. The van der Waals surface area contributed by atoms with Gasteiger partial charge in [0.05, 0.1) is 11.1 Å². The summed E-state index contributed by atoms with van der Waals surface area (Å²) in [6, 6.07) is 12.6. The Hall–Kier alpha value is -3.21. The van der Waals surface area contributed by atoms with E-state index in [-0.39, 0.29) is 29.9 Å². The van der Waals surface area contributed by atoms with Crippen LogP contribution in [0.4, 0.5) is 5.69 Å². The van der Waals surface area contributed by atoms with Crippen molar-refractivity contribution in [3.05, 3.63) is 64.7 Å². The minimum Gasteiger partial charge on any atom is -0.380 e. The molecule has 3 aliphatic rings. The fourth-order valence-electron chi connectivity index (χ4n) is 5.08. The van der Waals surface area contributed by atoms with E-state index in [2.05, 4.69) is 51.0 Å². The summed E-state index contributed by atoms with van der Waals surface area (Å²) in [6.07, 6.45) is 0.234. The van der Waals surface area contributed by atoms with Crippen molar-refractivity contribution in [2.75, 3.05) is 37.2 Å². The largest absolute Gasteiger partial charge is 0.380 e. The number of nitrogens with one attached hydrogen (secondary N) is 2. The first kappa shape index (κ1) is 25.4. The third-order valence-electron chi connectivity index (χ3n) is 7.02. The van der Waals surface area contributed by atoms with E-state index in [9.17, 15) is 19.2 Å². The van der Waals surface area contributed by atoms with Crippen LogP contribution in [-0.2, 0) is 22.7 Å². The van der Waals surface area contributed by atoms with Gasteiger partial charge in [-0.2, -0.15) is 0 Å². The smallest absolute Gasteiger partial charge is 0.264 e. The summed E-state index contributed by atoms with van der Waals surface area (Å²) in [4.78, 5) is 53.6. The maximum atomic E-state index is 13.2. The van der Waals surface area contributed by atoms with Crippen LogP contribution < -0.4 is 10.6 Å². The number of hydrogen-bond acceptors (Lipinski definition) is 8. The van der Waals surface area contributed by atoms with Crippen LogP contribution in [0.15, 0.2) is 42.5 Å². The average Bonchev–Trinajstić information content (AvgIpc) is 3.15. The lowest BCUT2D eigenvalue weighted by Gasteiger charge is -2.33. The molecule has 2 aromatic rings. The van der Waals surface area contributed by atoms with Gasteiger partial charge in [0, 0.05) is 57.1 Å². The third kappa shape index (κ3) is 5.41. The van der Waals surface area contributed by atoms with Gasteiger partial charge in [-0.25, -0.2) is 4.31 Å². The fraction of sp³-hybridized carbons (Fsp3) is 0.407. The van der Waals surface area contributed by atoms with Crippen LogP contribution in [0.3, 0.4) is 0 Å². The molecule has 37 heavy (non-hydrogen) atoms. The van der Waals surface area contributed by atoms with E-state index in [4.69, 9.17) is 0 Å². The molecule has 0 aliphatic carbocycles. The van der Waals surface area contributed by atoms with Gasteiger partial charge in [-0.3, -0.25) is 34.3 Å². The molecule has 1 unspecified atom stereocenters. The van der Waals surface area contributed by atoms with Crippen molar-refractivity contribution in [1.29, 1.82) is 0 Å². The molecule has 2 saturated heterocycles. The van der Waals surface area contributed by atoms with Gasteiger partial charge in [-0.15, -0.1) is 0 Å². The molecule has 194 valence electrons. The maximum Gasteiger partial charge on any atom is 0.264 e. The highest BCUT2D eigenvalue weighted by atomic mass is 32.2. The van der Waals surface area contributed by atoms with Crippen molar-refractivity contribution in [3.63, 3.8) is 0 Å². The van der Waals surface area contributed by atoms with Gasteiger partial charge in [0.25, 0.3) is 11.8 Å². The molecule has 3 heterocycles. The molecule has 2 N–H and O–H groups in total. The number of piperidine rings is 1. The minimum atomic E-state index is -0.973. The number of fused-ring (bicyclic) bond motifs is 1. The Morgan fingerprint density at radius 1 is 0.946 bits per heavy atom. The number of benzene rings is 2. The molecule has 3 aliphatic heterocycles. The van der Waals surface area contributed by atoms with Gasteiger partial charge in [-0.05, 0) is 29.7 Å². The average molecular weight is 522 g/mol. The highest BCUT2D eigenvalue weighted by Crippen LogP contribution is 2.32. The van der Waals surface area contributed by atoms with Gasteiger partial charge < -0.3 is 5.32 Å². The number of carbonyl (C=O) groups is 4. The van der Waals surface area contributed by atoms with Gasteiger partial charge >= 0.3 is 0 Å². The van der Waals surface area contributed by atoms with E-state index < -0.39 is 23.8 Å². The Balaban J connectivity index is 1.21. The highest BCUT2D eigenvalue weighted by molar-refractivity contribution is 7.96. The molecule has 10 heteroatoms. The molecule has 0 spiro atoms. The third-order valence-corrected chi connectivity index (χ3v) is 8.01. The topological polar surface area (TPSA) is 102 Å². The molecular formula is C27H31N5O4S. The number of piperazine rings is 1. The zero-order valence-corrected chi connectivity index (χ0v) is 21.7. The monoisotopic (exact) mass is 521 g/mol. The Bertz CT molecular complexity index is 1210. The highest BCUT2D eigenvalue weighted by Gasteiger charge is 2.45. The maximum absolute atomic E-state index is 13.2. The van der Waals surface area contributed by atoms with Crippen molar-refractivity contribution in [2.45, 2.75) is 38.9 Å². The Labute approximate surface area is 220 Å². The van der Waals surface area contributed by atoms with Crippen LogP contribution in [0.5, 0.6) is 0 Å². The Kier molecular flexibility index (Phi) is 7.59. The number of anilines is 1. The molecular weight excluding hydrogens is 490 g/mol. The number of carbonyl (C=O) groups excluding carboxylic acids is 4. The Morgan fingerprint density at radius 2 is 1.68 bits per heavy atom. The standard InChI is InChI=1S/C27H31N5O4S/c1-2-37-31-14-12-30(13-15-31)17-19-8-6-18(7-9-19)16-28-21-5-3-4-20-24(21)27(36)32(26(20)35)22-10-11-23(33)29-25(22)34/h3-9,22,28H,2,10-17H2,1H3,(H,29,33,34). The second-order valence-electron chi connectivity index (χ2n) is 9.47. The number of amides is 4. The van der Waals surface area contributed by atoms with E-state index in [1.807, 2.05) is 11.9 Å². The van der Waals surface area contributed by atoms with Crippen LogP contribution >= 0.6 is 11.9 Å². The number of nitrogens with zero attached hydrogens (tertiary/aromatic N) is 3. The van der Waals surface area contributed by atoms with Gasteiger partial charge in [-0.1, -0.05) is 49.2 Å². The first-order valence-electron chi connectivity index (χ1n) is 12.7. The van der Waals surface area contributed by atoms with E-state index >= 15 is 0 Å². The number of imide groups is 2. The van der Waals surface area contributed by atoms with Crippen molar-refractivity contribution >= 4 is 41.3 Å². The van der Waals surface area contributed by atoms with E-state index in [1.54, 1.807) is 18.2 Å². The molecule has 0 bridgehead atoms. The van der Waals surface area contributed by atoms with Crippen LogP contribution in [-0.4, -0.2) is 75.7 Å². The molecule has 0 saturated carbocycles. The first-order valence-corrected chi connectivity index (χ1v) is 13.7. The van der Waals surface area contributed by atoms with Crippen LogP contribution in [0.1, 0.15) is 51.6 Å². The zero-order chi connectivity index (χ0) is 25.9. The molecule has 2 fully saturated rings. The summed E-state index contributed by atoms with van der Waals surface area (Å²) in [6.45, 7) is 7.91. The van der Waals surface area contributed by atoms with Crippen LogP contribution in [0.2, 0.25) is 0 Å². The lowest BCUT2D eigenvalue weighted by Crippen LogP contribution is -2.54. The van der Waals surface area contributed by atoms with Crippen molar-refractivity contribution < 1.29 is 19.2 Å². The summed E-state index contributed by atoms with van der Waals surface area (Å²) in [7, 11) is 0. The molecule has 0 aromatic heterocycles. The second-order valence-corrected chi connectivity index (χ2v) is 10.8.